The molecule has 1 aromatic carbocycles. The first-order chi connectivity index (χ1) is 12.1. The smallest absolute Gasteiger partial charge is 0.220 e. The first-order valence-electron chi connectivity index (χ1n) is 8.55. The van der Waals surface area contributed by atoms with Crippen LogP contribution in [-0.4, -0.2) is 23.5 Å². The van der Waals surface area contributed by atoms with Crippen LogP contribution in [0.3, 0.4) is 0 Å². The number of carbonyl (C=O) groups excluding carboxylic acids is 1. The molecule has 3 rings (SSSR count). The number of nitrogens with zero attached hydrogens (tertiary/aromatic N) is 1. The van der Waals surface area contributed by atoms with Gasteiger partial charge in [0.25, 0.3) is 0 Å². The molecular weight excluding hydrogens is 336 g/mol. The molecule has 0 radical (unpaired) electrons. The van der Waals surface area contributed by atoms with E-state index in [4.69, 9.17) is 11.6 Å². The molecule has 1 aliphatic rings. The van der Waals surface area contributed by atoms with E-state index in [9.17, 15) is 4.79 Å². The van der Waals surface area contributed by atoms with Crippen molar-refractivity contribution in [2.75, 3.05) is 6.54 Å². The van der Waals surface area contributed by atoms with Crippen LogP contribution in [0, 0.1) is 5.92 Å². The Kier molecular flexibility index (Phi) is 6.02. The molecular formula is C19H23ClN4O. The summed E-state index contributed by atoms with van der Waals surface area (Å²) in [4.78, 5) is 16.4. The normalized spacial score (nSPS) is 22.7. The van der Waals surface area contributed by atoms with Crippen molar-refractivity contribution in [3.63, 3.8) is 0 Å². The van der Waals surface area contributed by atoms with Crippen molar-refractivity contribution in [2.24, 2.45) is 5.92 Å². The molecule has 5 nitrogen and oxygen atoms in total. The summed E-state index contributed by atoms with van der Waals surface area (Å²) in [7, 11) is 0. The van der Waals surface area contributed by atoms with Crippen molar-refractivity contribution in [1.29, 1.82) is 0 Å². The number of hydrogen-bond acceptors (Lipinski definition) is 4. The van der Waals surface area contributed by atoms with Gasteiger partial charge in [0.15, 0.2) is 0 Å². The number of halogens is 1. The third-order valence-corrected chi connectivity index (χ3v) is 4.92. The SMILES string of the molecule is CC1NNC(c2ccc(Cl)cc2)C1CC(=O)NCCc1ccncc1. The minimum atomic E-state index is 0.0790. The number of rotatable bonds is 6. The van der Waals surface area contributed by atoms with Crippen molar-refractivity contribution < 1.29 is 4.79 Å². The van der Waals surface area contributed by atoms with Gasteiger partial charge in [-0.2, -0.15) is 0 Å². The van der Waals surface area contributed by atoms with Crippen LogP contribution in [0.1, 0.15) is 30.5 Å². The fourth-order valence-electron chi connectivity index (χ4n) is 3.20. The first-order valence-corrected chi connectivity index (χ1v) is 8.93. The first kappa shape index (κ1) is 17.9. The van der Waals surface area contributed by atoms with Crippen LogP contribution in [0.2, 0.25) is 5.02 Å². The van der Waals surface area contributed by atoms with Crippen molar-refractivity contribution in [3.05, 3.63) is 64.9 Å². The molecule has 1 aromatic heterocycles. The predicted octanol–water partition coefficient (Wildman–Crippen LogP) is 2.64. The summed E-state index contributed by atoms with van der Waals surface area (Å²) in [6.45, 7) is 2.73. The topological polar surface area (TPSA) is 66.0 Å². The summed E-state index contributed by atoms with van der Waals surface area (Å²) in [6, 6.07) is 12.0. The second-order valence-corrected chi connectivity index (χ2v) is 6.87. The minimum Gasteiger partial charge on any atom is -0.356 e. The third kappa shape index (κ3) is 4.78. The van der Waals surface area contributed by atoms with E-state index in [-0.39, 0.29) is 23.9 Å². The number of pyridine rings is 1. The molecule has 2 heterocycles. The molecule has 0 aliphatic carbocycles. The average molecular weight is 359 g/mol. The molecule has 0 saturated carbocycles. The largest absolute Gasteiger partial charge is 0.356 e. The van der Waals surface area contributed by atoms with Crippen LogP contribution < -0.4 is 16.2 Å². The average Bonchev–Trinajstić information content (AvgIpc) is 2.97. The lowest BCUT2D eigenvalue weighted by molar-refractivity contribution is -0.122. The summed E-state index contributed by atoms with van der Waals surface area (Å²) in [5, 5.41) is 3.74. The quantitative estimate of drug-likeness (QED) is 0.742. The highest BCUT2D eigenvalue weighted by Gasteiger charge is 2.35. The van der Waals surface area contributed by atoms with E-state index < -0.39 is 0 Å². The Bertz CT molecular complexity index is 692. The van der Waals surface area contributed by atoms with Gasteiger partial charge in [-0.05, 0) is 48.7 Å². The fraction of sp³-hybridized carbons (Fsp3) is 0.368. The number of amides is 1. The Hall–Kier alpha value is -1.95. The number of hydrogen-bond donors (Lipinski definition) is 3. The van der Waals surface area contributed by atoms with Crippen LogP contribution in [0.15, 0.2) is 48.8 Å². The van der Waals surface area contributed by atoms with E-state index in [1.807, 2.05) is 36.4 Å². The third-order valence-electron chi connectivity index (χ3n) is 4.67. The van der Waals surface area contributed by atoms with Gasteiger partial charge in [0.05, 0.1) is 6.04 Å². The Balaban J connectivity index is 1.54. The van der Waals surface area contributed by atoms with E-state index in [1.165, 1.54) is 5.56 Å². The van der Waals surface area contributed by atoms with Crippen LogP contribution in [0.5, 0.6) is 0 Å². The number of aromatic nitrogens is 1. The Morgan fingerprint density at radius 1 is 1.16 bits per heavy atom. The van der Waals surface area contributed by atoms with Gasteiger partial charge in [0.1, 0.15) is 0 Å². The van der Waals surface area contributed by atoms with Crippen LogP contribution in [0.25, 0.3) is 0 Å². The Morgan fingerprint density at radius 3 is 2.60 bits per heavy atom. The minimum absolute atomic E-state index is 0.0790. The maximum atomic E-state index is 12.4. The van der Waals surface area contributed by atoms with Gasteiger partial charge in [-0.1, -0.05) is 23.7 Å². The summed E-state index contributed by atoms with van der Waals surface area (Å²) >= 11 is 5.97. The van der Waals surface area contributed by atoms with Crippen molar-refractivity contribution >= 4 is 17.5 Å². The van der Waals surface area contributed by atoms with E-state index in [2.05, 4.69) is 28.1 Å². The zero-order chi connectivity index (χ0) is 17.6. The van der Waals surface area contributed by atoms with Gasteiger partial charge in [0, 0.05) is 42.3 Å². The molecule has 1 saturated heterocycles. The van der Waals surface area contributed by atoms with Gasteiger partial charge < -0.3 is 5.32 Å². The zero-order valence-corrected chi connectivity index (χ0v) is 15.0. The second-order valence-electron chi connectivity index (χ2n) is 6.43. The second kappa shape index (κ2) is 8.43. The number of nitrogens with one attached hydrogen (secondary N) is 3. The molecule has 0 spiro atoms. The fourth-order valence-corrected chi connectivity index (χ4v) is 3.33. The molecule has 1 aliphatic heterocycles. The van der Waals surface area contributed by atoms with E-state index in [0.717, 1.165) is 12.0 Å². The van der Waals surface area contributed by atoms with Gasteiger partial charge in [-0.15, -0.1) is 0 Å². The maximum absolute atomic E-state index is 12.4. The molecule has 3 unspecified atom stereocenters. The molecule has 0 bridgehead atoms. The lowest BCUT2D eigenvalue weighted by Gasteiger charge is -2.21. The molecule has 25 heavy (non-hydrogen) atoms. The van der Waals surface area contributed by atoms with Crippen molar-refractivity contribution in [2.45, 2.75) is 31.8 Å². The summed E-state index contributed by atoms with van der Waals surface area (Å²) in [5.41, 5.74) is 8.86. The molecule has 132 valence electrons. The van der Waals surface area contributed by atoms with Crippen molar-refractivity contribution in [1.82, 2.24) is 21.2 Å². The lowest BCUT2D eigenvalue weighted by atomic mass is 9.87. The molecule has 1 amide bonds. The Morgan fingerprint density at radius 2 is 1.88 bits per heavy atom. The van der Waals surface area contributed by atoms with Gasteiger partial charge >= 0.3 is 0 Å². The maximum Gasteiger partial charge on any atom is 0.220 e. The summed E-state index contributed by atoms with van der Waals surface area (Å²) in [6.07, 6.45) is 4.83. The standard InChI is InChI=1S/C19H23ClN4O/c1-13-17(19(24-23-13)15-2-4-16(20)5-3-15)12-18(25)22-11-8-14-6-9-21-10-7-14/h2-7,9-10,13,17,19,23-24H,8,11-12H2,1H3,(H,22,25). The van der Waals surface area contributed by atoms with E-state index >= 15 is 0 Å². The molecule has 1 fully saturated rings. The highest BCUT2D eigenvalue weighted by Crippen LogP contribution is 2.31. The summed E-state index contributed by atoms with van der Waals surface area (Å²) < 4.78 is 0. The van der Waals surface area contributed by atoms with Crippen molar-refractivity contribution in [3.8, 4) is 0 Å². The van der Waals surface area contributed by atoms with Crippen LogP contribution >= 0.6 is 11.6 Å². The van der Waals surface area contributed by atoms with Crippen LogP contribution in [-0.2, 0) is 11.2 Å². The van der Waals surface area contributed by atoms with Gasteiger partial charge in [-0.3, -0.25) is 15.2 Å². The predicted molar refractivity (Wildman–Crippen MR) is 99.0 cm³/mol. The van der Waals surface area contributed by atoms with E-state index in [1.54, 1.807) is 12.4 Å². The van der Waals surface area contributed by atoms with Gasteiger partial charge in [-0.25, -0.2) is 5.43 Å². The van der Waals surface area contributed by atoms with E-state index in [0.29, 0.717) is 18.0 Å². The highest BCUT2D eigenvalue weighted by molar-refractivity contribution is 6.30. The molecule has 3 atom stereocenters. The summed E-state index contributed by atoms with van der Waals surface area (Å²) in [5.74, 6) is 0.262. The zero-order valence-electron chi connectivity index (χ0n) is 14.2. The number of benzene rings is 1. The van der Waals surface area contributed by atoms with Gasteiger partial charge in [0.2, 0.25) is 5.91 Å². The molecule has 6 heteroatoms. The molecule has 3 N–H and O–H groups in total. The lowest BCUT2D eigenvalue weighted by Crippen LogP contribution is -2.32. The van der Waals surface area contributed by atoms with Crippen LogP contribution in [0.4, 0.5) is 0 Å². The monoisotopic (exact) mass is 358 g/mol. The number of carbonyl (C=O) groups is 1. The number of hydrazine groups is 1. The highest BCUT2D eigenvalue weighted by atomic mass is 35.5. The molecule has 2 aromatic rings. The Labute approximate surface area is 153 Å².